The molecule has 0 amide bonds. The minimum atomic E-state index is 0.675. The summed E-state index contributed by atoms with van der Waals surface area (Å²) in [6.45, 7) is 5.73. The SMILES string of the molecule is Clc1ccc(CN2CCN(Cn3nnc(-c4ccccc4)n3)CC2)s1. The minimum Gasteiger partial charge on any atom is -0.296 e. The van der Waals surface area contributed by atoms with Gasteiger partial charge in [0.05, 0.1) is 4.34 Å². The van der Waals surface area contributed by atoms with Crippen molar-refractivity contribution in [2.24, 2.45) is 0 Å². The number of benzene rings is 1. The number of nitrogens with zero attached hydrogens (tertiary/aromatic N) is 6. The first-order valence-electron chi connectivity index (χ1n) is 8.28. The summed E-state index contributed by atoms with van der Waals surface area (Å²) < 4.78 is 0.861. The molecular weight excluding hydrogens is 356 g/mol. The van der Waals surface area contributed by atoms with E-state index in [0.717, 1.165) is 42.6 Å². The zero-order valence-electron chi connectivity index (χ0n) is 13.8. The van der Waals surface area contributed by atoms with E-state index in [2.05, 4.69) is 31.3 Å². The van der Waals surface area contributed by atoms with Crippen LogP contribution < -0.4 is 0 Å². The lowest BCUT2D eigenvalue weighted by Gasteiger charge is -2.33. The maximum Gasteiger partial charge on any atom is 0.204 e. The first-order valence-corrected chi connectivity index (χ1v) is 9.48. The molecule has 3 aromatic rings. The van der Waals surface area contributed by atoms with Gasteiger partial charge in [0.15, 0.2) is 0 Å². The first-order chi connectivity index (χ1) is 12.3. The third-order valence-electron chi connectivity index (χ3n) is 4.28. The summed E-state index contributed by atoms with van der Waals surface area (Å²) in [5.41, 5.74) is 0.994. The van der Waals surface area contributed by atoms with Crippen molar-refractivity contribution in [1.29, 1.82) is 0 Å². The first kappa shape index (κ1) is 16.7. The third-order valence-corrected chi connectivity index (χ3v) is 5.50. The van der Waals surface area contributed by atoms with Gasteiger partial charge < -0.3 is 0 Å². The molecule has 1 aromatic carbocycles. The monoisotopic (exact) mass is 374 g/mol. The summed E-state index contributed by atoms with van der Waals surface area (Å²) >= 11 is 7.67. The Morgan fingerprint density at radius 2 is 1.72 bits per heavy atom. The van der Waals surface area contributed by atoms with Crippen LogP contribution in [0.2, 0.25) is 4.34 Å². The topological polar surface area (TPSA) is 50.1 Å². The summed E-state index contributed by atoms with van der Waals surface area (Å²) in [6.07, 6.45) is 0. The maximum absolute atomic E-state index is 6.01. The molecule has 0 spiro atoms. The molecule has 1 aliphatic heterocycles. The fourth-order valence-corrected chi connectivity index (χ4v) is 4.06. The van der Waals surface area contributed by atoms with Gasteiger partial charge in [0.2, 0.25) is 5.82 Å². The minimum absolute atomic E-state index is 0.675. The number of piperazine rings is 1. The van der Waals surface area contributed by atoms with Gasteiger partial charge in [0.1, 0.15) is 6.67 Å². The summed E-state index contributed by atoms with van der Waals surface area (Å²) in [4.78, 5) is 7.82. The Morgan fingerprint density at radius 3 is 2.44 bits per heavy atom. The molecule has 0 unspecified atom stereocenters. The van der Waals surface area contributed by atoms with Crippen LogP contribution in [0, 0.1) is 0 Å². The molecule has 25 heavy (non-hydrogen) atoms. The van der Waals surface area contributed by atoms with Gasteiger partial charge in [-0.15, -0.1) is 26.3 Å². The van der Waals surface area contributed by atoms with Crippen LogP contribution in [0.4, 0.5) is 0 Å². The van der Waals surface area contributed by atoms with Crippen molar-refractivity contribution in [1.82, 2.24) is 30.0 Å². The molecule has 0 atom stereocenters. The lowest BCUT2D eigenvalue weighted by molar-refractivity contribution is 0.0936. The van der Waals surface area contributed by atoms with Gasteiger partial charge in [-0.2, -0.15) is 0 Å². The van der Waals surface area contributed by atoms with Crippen LogP contribution in [0.3, 0.4) is 0 Å². The quantitative estimate of drug-likeness (QED) is 0.687. The molecule has 2 aromatic heterocycles. The summed E-state index contributed by atoms with van der Waals surface area (Å²) in [7, 11) is 0. The highest BCUT2D eigenvalue weighted by molar-refractivity contribution is 7.16. The van der Waals surface area contributed by atoms with Crippen molar-refractivity contribution in [3.63, 3.8) is 0 Å². The van der Waals surface area contributed by atoms with Gasteiger partial charge in [-0.25, -0.2) is 0 Å². The molecule has 0 N–H and O–H groups in total. The number of aromatic nitrogens is 4. The van der Waals surface area contributed by atoms with Crippen LogP contribution in [-0.2, 0) is 13.2 Å². The zero-order chi connectivity index (χ0) is 17.1. The second-order valence-corrected chi connectivity index (χ2v) is 7.89. The van der Waals surface area contributed by atoms with E-state index in [4.69, 9.17) is 11.6 Å². The lowest BCUT2D eigenvalue weighted by atomic mass is 10.2. The van der Waals surface area contributed by atoms with E-state index in [1.165, 1.54) is 4.88 Å². The highest BCUT2D eigenvalue weighted by Gasteiger charge is 2.18. The predicted molar refractivity (Wildman–Crippen MR) is 99.4 cm³/mol. The van der Waals surface area contributed by atoms with Gasteiger partial charge in [-0.1, -0.05) is 41.9 Å². The van der Waals surface area contributed by atoms with E-state index in [1.54, 1.807) is 16.1 Å². The molecule has 8 heteroatoms. The van der Waals surface area contributed by atoms with Crippen molar-refractivity contribution in [3.05, 3.63) is 51.7 Å². The van der Waals surface area contributed by atoms with Gasteiger partial charge in [0.25, 0.3) is 0 Å². The van der Waals surface area contributed by atoms with Crippen molar-refractivity contribution >= 4 is 22.9 Å². The second kappa shape index (κ2) is 7.61. The highest BCUT2D eigenvalue weighted by Crippen LogP contribution is 2.23. The van der Waals surface area contributed by atoms with E-state index < -0.39 is 0 Å². The number of hydrogen-bond donors (Lipinski definition) is 0. The Kier molecular flexibility index (Phi) is 5.07. The second-order valence-electron chi connectivity index (χ2n) is 6.09. The molecule has 0 radical (unpaired) electrons. The maximum atomic E-state index is 6.01. The molecule has 1 saturated heterocycles. The fraction of sp³-hybridized carbons (Fsp3) is 0.353. The Labute approximate surface area is 155 Å². The van der Waals surface area contributed by atoms with Crippen LogP contribution in [0.15, 0.2) is 42.5 Å². The van der Waals surface area contributed by atoms with Crippen molar-refractivity contribution < 1.29 is 0 Å². The van der Waals surface area contributed by atoms with Crippen molar-refractivity contribution in [2.45, 2.75) is 13.2 Å². The number of rotatable bonds is 5. The molecule has 0 saturated carbocycles. The van der Waals surface area contributed by atoms with Gasteiger partial charge in [-0.3, -0.25) is 9.80 Å². The predicted octanol–water partition coefficient (Wildman–Crippen LogP) is 2.83. The number of halogens is 1. The highest BCUT2D eigenvalue weighted by atomic mass is 35.5. The molecule has 4 rings (SSSR count). The van der Waals surface area contributed by atoms with Crippen LogP contribution in [0.1, 0.15) is 4.88 Å². The average molecular weight is 375 g/mol. The summed E-state index contributed by atoms with van der Waals surface area (Å²) in [6, 6.07) is 14.0. The molecule has 3 heterocycles. The lowest BCUT2D eigenvalue weighted by Crippen LogP contribution is -2.46. The van der Waals surface area contributed by atoms with Crippen LogP contribution in [0.25, 0.3) is 11.4 Å². The van der Waals surface area contributed by atoms with Crippen LogP contribution in [0.5, 0.6) is 0 Å². The zero-order valence-corrected chi connectivity index (χ0v) is 15.3. The molecule has 130 valence electrons. The molecule has 0 bridgehead atoms. The standard InChI is InChI=1S/C17H19ClN6S/c18-16-7-6-15(25-16)12-22-8-10-23(11-9-22)13-24-20-17(19-21-24)14-4-2-1-3-5-14/h1-7H,8-13H2. The summed E-state index contributed by atoms with van der Waals surface area (Å²) in [5, 5.41) is 12.8. The fourth-order valence-electron chi connectivity index (χ4n) is 2.93. The Hall–Kier alpha value is -1.80. The molecule has 1 aliphatic rings. The number of hydrogen-bond acceptors (Lipinski definition) is 6. The largest absolute Gasteiger partial charge is 0.296 e. The molecule has 6 nitrogen and oxygen atoms in total. The van der Waals surface area contributed by atoms with Crippen molar-refractivity contribution in [3.8, 4) is 11.4 Å². The number of thiophene rings is 1. The van der Waals surface area contributed by atoms with Gasteiger partial charge in [-0.05, 0) is 17.3 Å². The normalized spacial score (nSPS) is 16.4. The Bertz CT molecular complexity index is 809. The van der Waals surface area contributed by atoms with E-state index in [0.29, 0.717) is 12.5 Å². The average Bonchev–Trinajstić information content (AvgIpc) is 3.27. The van der Waals surface area contributed by atoms with Crippen LogP contribution in [-0.4, -0.2) is 56.2 Å². The van der Waals surface area contributed by atoms with E-state index in [-0.39, 0.29) is 0 Å². The Balaban J connectivity index is 1.29. The molecular formula is C17H19ClN6S. The van der Waals surface area contributed by atoms with Gasteiger partial charge in [0, 0.05) is 43.2 Å². The van der Waals surface area contributed by atoms with Gasteiger partial charge >= 0.3 is 0 Å². The molecule has 0 aliphatic carbocycles. The Morgan fingerprint density at radius 1 is 0.960 bits per heavy atom. The van der Waals surface area contributed by atoms with E-state index in [1.807, 2.05) is 36.4 Å². The smallest absolute Gasteiger partial charge is 0.204 e. The number of tetrazole rings is 1. The van der Waals surface area contributed by atoms with E-state index in [9.17, 15) is 0 Å². The third kappa shape index (κ3) is 4.24. The molecule has 1 fully saturated rings. The van der Waals surface area contributed by atoms with Crippen molar-refractivity contribution in [2.75, 3.05) is 26.2 Å². The van der Waals surface area contributed by atoms with Crippen LogP contribution >= 0.6 is 22.9 Å². The summed E-state index contributed by atoms with van der Waals surface area (Å²) in [5.74, 6) is 0.675. The van der Waals surface area contributed by atoms with E-state index >= 15 is 0 Å².